The maximum atomic E-state index is 12.2. The van der Waals surface area contributed by atoms with E-state index in [1.54, 1.807) is 38.5 Å². The van der Waals surface area contributed by atoms with Gasteiger partial charge in [-0.2, -0.15) is 0 Å². The third kappa shape index (κ3) is 5.39. The van der Waals surface area contributed by atoms with Crippen LogP contribution in [0.15, 0.2) is 48.5 Å². The normalized spacial score (nSPS) is 12.8. The molecule has 2 amide bonds. The average Bonchev–Trinajstić information content (AvgIpc) is 2.70. The Kier molecular flexibility index (Phi) is 7.29. The Labute approximate surface area is 154 Å². The molecule has 0 bridgehead atoms. The molecule has 3 N–H and O–H groups in total. The van der Waals surface area contributed by atoms with Crippen LogP contribution in [0.2, 0.25) is 0 Å². The Morgan fingerprint density at radius 3 is 1.92 bits per heavy atom. The van der Waals surface area contributed by atoms with Gasteiger partial charge in [0, 0.05) is 6.54 Å². The lowest BCUT2D eigenvalue weighted by Crippen LogP contribution is -2.39. The quantitative estimate of drug-likeness (QED) is 0.677. The van der Waals surface area contributed by atoms with E-state index in [-0.39, 0.29) is 18.6 Å². The highest BCUT2D eigenvalue weighted by atomic mass is 16.5. The fourth-order valence-electron chi connectivity index (χ4n) is 2.60. The molecule has 26 heavy (non-hydrogen) atoms. The van der Waals surface area contributed by atoms with Crippen LogP contribution in [-0.4, -0.2) is 31.9 Å². The van der Waals surface area contributed by atoms with E-state index in [2.05, 4.69) is 10.6 Å². The molecule has 0 spiro atoms. The van der Waals surface area contributed by atoms with Gasteiger partial charge >= 0.3 is 6.03 Å². The van der Waals surface area contributed by atoms with Crippen LogP contribution in [0.3, 0.4) is 0 Å². The molecule has 140 valence electrons. The van der Waals surface area contributed by atoms with Crippen molar-refractivity contribution in [3.8, 4) is 11.5 Å². The Morgan fingerprint density at radius 2 is 1.46 bits per heavy atom. The lowest BCUT2D eigenvalue weighted by Gasteiger charge is -2.19. The molecule has 0 radical (unpaired) electrons. The molecule has 0 heterocycles. The molecular formula is C20H26N2O4. The van der Waals surface area contributed by atoms with Crippen molar-refractivity contribution in [1.82, 2.24) is 10.6 Å². The lowest BCUT2D eigenvalue weighted by atomic mass is 10.0. The monoisotopic (exact) mass is 358 g/mol. The number of benzene rings is 2. The van der Waals surface area contributed by atoms with E-state index in [4.69, 9.17) is 9.47 Å². The minimum absolute atomic E-state index is 0.112. The van der Waals surface area contributed by atoms with Crippen LogP contribution >= 0.6 is 0 Å². The predicted molar refractivity (Wildman–Crippen MR) is 101 cm³/mol. The summed E-state index contributed by atoms with van der Waals surface area (Å²) >= 11 is 0. The topological polar surface area (TPSA) is 79.8 Å². The molecule has 2 aromatic carbocycles. The van der Waals surface area contributed by atoms with Gasteiger partial charge < -0.3 is 25.2 Å². The number of urea groups is 1. The fraction of sp³-hybridized carbons (Fsp3) is 0.350. The first-order chi connectivity index (χ1) is 12.6. The molecule has 2 atom stereocenters. The van der Waals surface area contributed by atoms with Crippen molar-refractivity contribution < 1.29 is 19.4 Å². The zero-order valence-electron chi connectivity index (χ0n) is 15.4. The summed E-state index contributed by atoms with van der Waals surface area (Å²) in [4.78, 5) is 12.2. The van der Waals surface area contributed by atoms with E-state index in [1.807, 2.05) is 31.2 Å². The summed E-state index contributed by atoms with van der Waals surface area (Å²) in [5.41, 5.74) is 1.72. The van der Waals surface area contributed by atoms with Gasteiger partial charge in [-0.3, -0.25) is 0 Å². The minimum atomic E-state index is -0.785. The van der Waals surface area contributed by atoms with Crippen LogP contribution in [0, 0.1) is 0 Å². The second-order valence-electron chi connectivity index (χ2n) is 5.88. The number of aliphatic hydroxyl groups excluding tert-OH is 1. The van der Waals surface area contributed by atoms with E-state index < -0.39 is 6.10 Å². The van der Waals surface area contributed by atoms with Gasteiger partial charge in [-0.1, -0.05) is 31.2 Å². The van der Waals surface area contributed by atoms with Crippen molar-refractivity contribution in [2.24, 2.45) is 0 Å². The zero-order chi connectivity index (χ0) is 18.9. The summed E-state index contributed by atoms with van der Waals surface area (Å²) in [7, 11) is 3.20. The van der Waals surface area contributed by atoms with Gasteiger partial charge in [0.15, 0.2) is 0 Å². The molecule has 0 aliphatic heterocycles. The molecular weight excluding hydrogens is 332 g/mol. The third-order valence-corrected chi connectivity index (χ3v) is 4.19. The number of hydrogen-bond donors (Lipinski definition) is 3. The Hall–Kier alpha value is -2.73. The number of carbonyl (C=O) groups excluding carboxylic acids is 1. The van der Waals surface area contributed by atoms with E-state index >= 15 is 0 Å². The van der Waals surface area contributed by atoms with Crippen LogP contribution in [0.5, 0.6) is 11.5 Å². The molecule has 0 aliphatic rings. The average molecular weight is 358 g/mol. The summed E-state index contributed by atoms with van der Waals surface area (Å²) in [6.45, 7) is 2.12. The number of hydrogen-bond acceptors (Lipinski definition) is 4. The number of carbonyl (C=O) groups is 1. The molecule has 0 fully saturated rings. The SMILES string of the molecule is CC[C@H](NC(=O)NC[C@@H](O)c1ccc(OC)cc1)c1ccc(OC)cc1. The fourth-order valence-corrected chi connectivity index (χ4v) is 2.60. The summed E-state index contributed by atoms with van der Waals surface area (Å²) in [5.74, 6) is 1.49. The van der Waals surface area contributed by atoms with Crippen molar-refractivity contribution in [3.63, 3.8) is 0 Å². The van der Waals surface area contributed by atoms with Crippen LogP contribution in [0.25, 0.3) is 0 Å². The van der Waals surface area contributed by atoms with Crippen molar-refractivity contribution in [2.75, 3.05) is 20.8 Å². The van der Waals surface area contributed by atoms with E-state index in [1.165, 1.54) is 0 Å². The summed E-state index contributed by atoms with van der Waals surface area (Å²) in [6.07, 6.45) is -0.0337. The lowest BCUT2D eigenvalue weighted by molar-refractivity contribution is 0.172. The summed E-state index contributed by atoms with van der Waals surface area (Å²) < 4.78 is 10.2. The van der Waals surface area contributed by atoms with E-state index in [0.29, 0.717) is 5.56 Å². The Bertz CT molecular complexity index is 686. The largest absolute Gasteiger partial charge is 0.497 e. The zero-order valence-corrected chi connectivity index (χ0v) is 15.4. The van der Waals surface area contributed by atoms with Crippen molar-refractivity contribution in [2.45, 2.75) is 25.5 Å². The van der Waals surface area contributed by atoms with Crippen molar-refractivity contribution in [3.05, 3.63) is 59.7 Å². The minimum Gasteiger partial charge on any atom is -0.497 e. The number of ether oxygens (including phenoxy) is 2. The number of methoxy groups -OCH3 is 2. The molecule has 6 heteroatoms. The Morgan fingerprint density at radius 1 is 0.962 bits per heavy atom. The van der Waals surface area contributed by atoms with Gasteiger partial charge in [-0.25, -0.2) is 4.79 Å². The first kappa shape index (κ1) is 19.6. The van der Waals surface area contributed by atoms with Crippen LogP contribution < -0.4 is 20.1 Å². The second-order valence-corrected chi connectivity index (χ2v) is 5.88. The molecule has 2 rings (SSSR count). The standard InChI is InChI=1S/C20H26N2O4/c1-4-18(14-5-9-16(25-2)10-6-14)22-20(24)21-13-19(23)15-7-11-17(26-3)12-8-15/h5-12,18-19,23H,4,13H2,1-3H3,(H2,21,22,24)/t18-,19+/m0/s1. The maximum Gasteiger partial charge on any atom is 0.315 e. The van der Waals surface area contributed by atoms with Gasteiger partial charge in [0.05, 0.1) is 26.4 Å². The van der Waals surface area contributed by atoms with Crippen LogP contribution in [0.4, 0.5) is 4.79 Å². The van der Waals surface area contributed by atoms with E-state index in [9.17, 15) is 9.90 Å². The molecule has 0 aliphatic carbocycles. The van der Waals surface area contributed by atoms with Gasteiger partial charge in [0.25, 0.3) is 0 Å². The highest BCUT2D eigenvalue weighted by molar-refractivity contribution is 5.74. The number of nitrogens with one attached hydrogen (secondary N) is 2. The molecule has 0 saturated carbocycles. The van der Waals surface area contributed by atoms with Gasteiger partial charge in [0.2, 0.25) is 0 Å². The first-order valence-corrected chi connectivity index (χ1v) is 8.57. The summed E-state index contributed by atoms with van der Waals surface area (Å²) in [5, 5.41) is 15.8. The smallest absolute Gasteiger partial charge is 0.315 e. The van der Waals surface area contributed by atoms with Gasteiger partial charge in [0.1, 0.15) is 11.5 Å². The van der Waals surface area contributed by atoms with E-state index in [0.717, 1.165) is 23.5 Å². The molecule has 6 nitrogen and oxygen atoms in total. The first-order valence-electron chi connectivity index (χ1n) is 8.57. The molecule has 0 unspecified atom stereocenters. The third-order valence-electron chi connectivity index (χ3n) is 4.19. The highest BCUT2D eigenvalue weighted by Crippen LogP contribution is 2.20. The molecule has 2 aromatic rings. The van der Waals surface area contributed by atoms with Crippen molar-refractivity contribution in [1.29, 1.82) is 0 Å². The van der Waals surface area contributed by atoms with Gasteiger partial charge in [-0.05, 0) is 41.8 Å². The maximum absolute atomic E-state index is 12.2. The van der Waals surface area contributed by atoms with Gasteiger partial charge in [-0.15, -0.1) is 0 Å². The number of aliphatic hydroxyl groups is 1. The summed E-state index contributed by atoms with van der Waals surface area (Å²) in [6, 6.07) is 14.3. The second kappa shape index (κ2) is 9.68. The Balaban J connectivity index is 1.87. The van der Waals surface area contributed by atoms with Crippen LogP contribution in [0.1, 0.15) is 36.6 Å². The predicted octanol–water partition coefficient (Wildman–Crippen LogP) is 3.19. The number of rotatable bonds is 8. The molecule has 0 saturated heterocycles. The highest BCUT2D eigenvalue weighted by Gasteiger charge is 2.14. The molecule has 0 aromatic heterocycles. The van der Waals surface area contributed by atoms with Crippen LogP contribution in [-0.2, 0) is 0 Å². The number of amides is 2. The van der Waals surface area contributed by atoms with Crippen molar-refractivity contribution >= 4 is 6.03 Å².